The van der Waals surface area contributed by atoms with Crippen molar-refractivity contribution in [1.82, 2.24) is 14.5 Å². The Morgan fingerprint density at radius 1 is 1.10 bits per heavy atom. The van der Waals surface area contributed by atoms with E-state index in [4.69, 9.17) is 10.7 Å². The highest BCUT2D eigenvalue weighted by Crippen LogP contribution is 2.22. The second-order valence-corrected chi connectivity index (χ2v) is 6.23. The molecule has 0 aliphatic carbocycles. The van der Waals surface area contributed by atoms with Crippen LogP contribution in [0.2, 0.25) is 0 Å². The minimum atomic E-state index is 0.658. The number of benzene rings is 1. The van der Waals surface area contributed by atoms with Gasteiger partial charge in [0.25, 0.3) is 0 Å². The number of hydrogen-bond acceptors (Lipinski definition) is 3. The number of imidazole rings is 1. The second kappa shape index (κ2) is 6.16. The van der Waals surface area contributed by atoms with Gasteiger partial charge in [0, 0.05) is 13.1 Å². The Morgan fingerprint density at radius 2 is 1.81 bits per heavy atom. The first kappa shape index (κ1) is 14.5. The number of fused-ring (bicyclic) bond motifs is 1. The van der Waals surface area contributed by atoms with Gasteiger partial charge >= 0.3 is 0 Å². The third-order valence-corrected chi connectivity index (χ3v) is 4.61. The lowest BCUT2D eigenvalue weighted by atomic mass is 10.1. The van der Waals surface area contributed by atoms with E-state index in [1.165, 1.54) is 54.8 Å². The Morgan fingerprint density at radius 3 is 2.52 bits per heavy atom. The molecule has 0 radical (unpaired) electrons. The molecule has 0 atom stereocenters. The highest BCUT2D eigenvalue weighted by Gasteiger charge is 2.16. The Labute approximate surface area is 126 Å². The summed E-state index contributed by atoms with van der Waals surface area (Å²) in [5, 5.41) is 0. The highest BCUT2D eigenvalue weighted by molar-refractivity contribution is 5.78. The number of aryl methyl sites for hydroxylation is 2. The van der Waals surface area contributed by atoms with Crippen molar-refractivity contribution in [2.24, 2.45) is 5.73 Å². The predicted molar refractivity (Wildman–Crippen MR) is 87.4 cm³/mol. The van der Waals surface area contributed by atoms with Gasteiger partial charge in [0.05, 0.1) is 17.6 Å². The van der Waals surface area contributed by atoms with Gasteiger partial charge in [-0.3, -0.25) is 4.90 Å². The van der Waals surface area contributed by atoms with Gasteiger partial charge in [0.15, 0.2) is 0 Å². The molecular formula is C17H26N4. The average Bonchev–Trinajstić information content (AvgIpc) is 2.79. The van der Waals surface area contributed by atoms with E-state index in [1.54, 1.807) is 0 Å². The summed E-state index contributed by atoms with van der Waals surface area (Å²) in [5.41, 5.74) is 10.8. The van der Waals surface area contributed by atoms with Crippen LogP contribution in [0.15, 0.2) is 12.1 Å². The van der Waals surface area contributed by atoms with E-state index in [0.29, 0.717) is 6.54 Å². The molecule has 114 valence electrons. The van der Waals surface area contributed by atoms with E-state index < -0.39 is 0 Å². The van der Waals surface area contributed by atoms with Crippen molar-refractivity contribution in [2.45, 2.75) is 46.2 Å². The van der Waals surface area contributed by atoms with Crippen molar-refractivity contribution in [1.29, 1.82) is 0 Å². The number of piperidine rings is 1. The molecule has 1 fully saturated rings. The van der Waals surface area contributed by atoms with E-state index in [9.17, 15) is 0 Å². The molecule has 3 rings (SSSR count). The minimum absolute atomic E-state index is 0.658. The first-order chi connectivity index (χ1) is 10.2. The normalized spacial score (nSPS) is 16.7. The van der Waals surface area contributed by atoms with E-state index in [2.05, 4.69) is 35.4 Å². The zero-order valence-electron chi connectivity index (χ0n) is 13.2. The molecule has 1 aromatic heterocycles. The maximum Gasteiger partial charge on any atom is 0.124 e. The number of likely N-dealkylation sites (tertiary alicyclic amines) is 1. The number of nitrogens with two attached hydrogens (primary N) is 1. The maximum absolute atomic E-state index is 5.82. The molecule has 1 aromatic carbocycles. The fourth-order valence-electron chi connectivity index (χ4n) is 3.25. The minimum Gasteiger partial charge on any atom is -0.329 e. The molecule has 0 amide bonds. The van der Waals surface area contributed by atoms with Gasteiger partial charge in [-0.05, 0) is 63.0 Å². The Hall–Kier alpha value is -1.39. The first-order valence-corrected chi connectivity index (χ1v) is 8.08. The SMILES string of the molecule is Cc1cc2nc(CN3CCCCC3)n(CCN)c2cc1C. The summed E-state index contributed by atoms with van der Waals surface area (Å²) in [6, 6.07) is 4.46. The largest absolute Gasteiger partial charge is 0.329 e. The van der Waals surface area contributed by atoms with Crippen LogP contribution in [0.5, 0.6) is 0 Å². The number of hydrogen-bond donors (Lipinski definition) is 1. The number of nitrogens with zero attached hydrogens (tertiary/aromatic N) is 3. The Kier molecular flexibility index (Phi) is 4.27. The number of rotatable bonds is 4. The molecule has 0 bridgehead atoms. The standard InChI is InChI=1S/C17H26N4/c1-13-10-15-16(11-14(13)2)21(9-6-18)17(19-15)12-20-7-4-3-5-8-20/h10-11H,3-9,12,18H2,1-2H3. The molecule has 2 N–H and O–H groups in total. The van der Waals surface area contributed by atoms with Gasteiger partial charge in [0.2, 0.25) is 0 Å². The van der Waals surface area contributed by atoms with Crippen LogP contribution >= 0.6 is 0 Å². The highest BCUT2D eigenvalue weighted by atomic mass is 15.2. The Balaban J connectivity index is 1.97. The van der Waals surface area contributed by atoms with Crippen molar-refractivity contribution < 1.29 is 0 Å². The summed E-state index contributed by atoms with van der Waals surface area (Å²) in [4.78, 5) is 7.42. The van der Waals surface area contributed by atoms with Crippen molar-refractivity contribution in [3.63, 3.8) is 0 Å². The number of aromatic nitrogens is 2. The van der Waals surface area contributed by atoms with Gasteiger partial charge in [-0.1, -0.05) is 6.42 Å². The summed E-state index contributed by atoms with van der Waals surface area (Å²) in [6.07, 6.45) is 4.00. The van der Waals surface area contributed by atoms with Crippen molar-refractivity contribution in [3.05, 3.63) is 29.1 Å². The summed E-state index contributed by atoms with van der Waals surface area (Å²) in [7, 11) is 0. The van der Waals surface area contributed by atoms with Gasteiger partial charge in [0.1, 0.15) is 5.82 Å². The fraction of sp³-hybridized carbons (Fsp3) is 0.588. The molecule has 0 spiro atoms. The molecule has 2 heterocycles. The van der Waals surface area contributed by atoms with E-state index >= 15 is 0 Å². The summed E-state index contributed by atoms with van der Waals surface area (Å²) in [5.74, 6) is 1.17. The smallest absolute Gasteiger partial charge is 0.124 e. The lowest BCUT2D eigenvalue weighted by Gasteiger charge is -2.26. The molecule has 21 heavy (non-hydrogen) atoms. The zero-order chi connectivity index (χ0) is 14.8. The van der Waals surface area contributed by atoms with Crippen LogP contribution in [0.1, 0.15) is 36.2 Å². The van der Waals surface area contributed by atoms with Crippen LogP contribution in [0, 0.1) is 13.8 Å². The van der Waals surface area contributed by atoms with Crippen molar-refractivity contribution >= 4 is 11.0 Å². The molecule has 4 heteroatoms. The molecular weight excluding hydrogens is 260 g/mol. The molecule has 1 saturated heterocycles. The topological polar surface area (TPSA) is 47.1 Å². The summed E-state index contributed by atoms with van der Waals surface area (Å²) < 4.78 is 2.32. The zero-order valence-corrected chi connectivity index (χ0v) is 13.2. The van der Waals surface area contributed by atoms with Crippen LogP contribution in [-0.4, -0.2) is 34.1 Å². The van der Waals surface area contributed by atoms with Gasteiger partial charge < -0.3 is 10.3 Å². The van der Waals surface area contributed by atoms with Gasteiger partial charge in [-0.2, -0.15) is 0 Å². The van der Waals surface area contributed by atoms with Crippen LogP contribution < -0.4 is 5.73 Å². The van der Waals surface area contributed by atoms with E-state index in [1.807, 2.05) is 0 Å². The lowest BCUT2D eigenvalue weighted by molar-refractivity contribution is 0.213. The quantitative estimate of drug-likeness (QED) is 0.940. The molecule has 1 aliphatic rings. The van der Waals surface area contributed by atoms with Crippen LogP contribution in [0.3, 0.4) is 0 Å². The molecule has 1 aliphatic heterocycles. The molecule has 2 aromatic rings. The average molecular weight is 286 g/mol. The molecule has 0 saturated carbocycles. The summed E-state index contributed by atoms with van der Waals surface area (Å²) >= 11 is 0. The predicted octanol–water partition coefficient (Wildman–Crippen LogP) is 2.60. The third kappa shape index (κ3) is 2.97. The van der Waals surface area contributed by atoms with Crippen LogP contribution in [0.25, 0.3) is 11.0 Å². The monoisotopic (exact) mass is 286 g/mol. The lowest BCUT2D eigenvalue weighted by Crippen LogP contribution is -2.30. The van der Waals surface area contributed by atoms with Crippen molar-refractivity contribution in [3.8, 4) is 0 Å². The van der Waals surface area contributed by atoms with Crippen LogP contribution in [0.4, 0.5) is 0 Å². The van der Waals surface area contributed by atoms with Crippen molar-refractivity contribution in [2.75, 3.05) is 19.6 Å². The van der Waals surface area contributed by atoms with Gasteiger partial charge in [-0.15, -0.1) is 0 Å². The first-order valence-electron chi connectivity index (χ1n) is 8.08. The fourth-order valence-corrected chi connectivity index (χ4v) is 3.25. The van der Waals surface area contributed by atoms with Crippen LogP contribution in [-0.2, 0) is 13.1 Å². The van der Waals surface area contributed by atoms with E-state index in [-0.39, 0.29) is 0 Å². The summed E-state index contributed by atoms with van der Waals surface area (Å²) in [6.45, 7) is 9.17. The molecule has 4 nitrogen and oxygen atoms in total. The molecule has 0 unspecified atom stereocenters. The second-order valence-electron chi connectivity index (χ2n) is 6.23. The third-order valence-electron chi connectivity index (χ3n) is 4.61. The Bertz CT molecular complexity index is 623. The van der Waals surface area contributed by atoms with Gasteiger partial charge in [-0.25, -0.2) is 4.98 Å². The van der Waals surface area contributed by atoms with E-state index in [0.717, 1.165) is 18.6 Å². The maximum atomic E-state index is 5.82.